The van der Waals surface area contributed by atoms with Crippen LogP contribution in [-0.4, -0.2) is 45.1 Å². The summed E-state index contributed by atoms with van der Waals surface area (Å²) in [4.78, 5) is 74.0. The maximum absolute atomic E-state index is 12.5. The molecule has 0 amide bonds. The lowest BCUT2D eigenvalue weighted by Crippen LogP contribution is -2.27. The molecule has 14 heteroatoms. The molecule has 0 fully saturated rings. The highest BCUT2D eigenvalue weighted by molar-refractivity contribution is 5.93. The number of benzene rings is 3. The normalized spacial score (nSPS) is 10.6. The molecule has 0 saturated heterocycles. The van der Waals surface area contributed by atoms with E-state index in [1.807, 2.05) is 152 Å². The lowest BCUT2D eigenvalue weighted by Gasteiger charge is -2.07. The van der Waals surface area contributed by atoms with Crippen molar-refractivity contribution >= 4 is 65.4 Å². The van der Waals surface area contributed by atoms with Crippen molar-refractivity contribution in [3.05, 3.63) is 199 Å². The summed E-state index contributed by atoms with van der Waals surface area (Å²) in [5.41, 5.74) is 10.4. The first-order valence-corrected chi connectivity index (χ1v) is 23.3. The third kappa shape index (κ3) is 9.83. The molecule has 70 heavy (non-hydrogen) atoms. The minimum absolute atomic E-state index is 0.0780. The highest BCUT2D eigenvalue weighted by atomic mass is 16.5. The monoisotopic (exact) mass is 934 g/mol. The Labute approximate surface area is 401 Å². The number of hydrogen-bond acceptors (Lipinski definition) is 6. The van der Waals surface area contributed by atoms with Gasteiger partial charge in [-0.25, -0.2) is 0 Å². The van der Waals surface area contributed by atoms with E-state index in [1.54, 1.807) is 49.2 Å². The van der Waals surface area contributed by atoms with E-state index >= 15 is 0 Å². The van der Waals surface area contributed by atoms with Crippen LogP contribution in [0.25, 0.3) is 99.2 Å². The summed E-state index contributed by atoms with van der Waals surface area (Å²) in [7, 11) is 0. The number of aromatic nitrogens is 9. The standard InChI is InChI=1S/C17H13N3O2.C17H13N3O.C16H11N3O2.3C2H6/c1-10-12-4-2-3-5-14(12)19-17(21)16(10)15-8-11-9-20(22)7-6-13(11)18-15;1-10-12-4-2-3-5-14(12)20-17(21)16(10)15-8-11-9-18-7-6-13(11)19-15;20-15-11-8-14(18-13(11)5-6-17-15)10-7-9-3-1-2-4-12(9)19-16(10)21;3*1-2/h2-9,22H,1H3,(H,19,21);2-9,19H,1H3,(H,20,21);1-8,18H,(H,17,20)(H,19,21);3*1-2H3/p+1. The third-order valence-corrected chi connectivity index (χ3v) is 11.5. The molecule has 3 aromatic carbocycles. The van der Waals surface area contributed by atoms with Crippen molar-refractivity contribution in [3.63, 3.8) is 0 Å². The van der Waals surface area contributed by atoms with Crippen LogP contribution in [0.15, 0.2) is 165 Å². The predicted octanol–water partition coefficient (Wildman–Crippen LogP) is 11.3. The summed E-state index contributed by atoms with van der Waals surface area (Å²) >= 11 is 0. The number of aryl methyl sites for hydroxylation is 2. The summed E-state index contributed by atoms with van der Waals surface area (Å²) in [6.07, 6.45) is 8.25. The van der Waals surface area contributed by atoms with Gasteiger partial charge in [-0.1, -0.05) is 96.1 Å². The fourth-order valence-electron chi connectivity index (χ4n) is 8.34. The molecular weight excluding hydrogens is 879 g/mol. The van der Waals surface area contributed by atoms with Crippen LogP contribution in [-0.2, 0) is 0 Å². The fraction of sp³-hybridized carbons (Fsp3) is 0.143. The molecule has 0 spiro atoms. The van der Waals surface area contributed by atoms with Crippen molar-refractivity contribution in [2.24, 2.45) is 0 Å². The number of nitrogens with zero attached hydrogens (tertiary/aromatic N) is 2. The third-order valence-electron chi connectivity index (χ3n) is 11.5. The van der Waals surface area contributed by atoms with Gasteiger partial charge < -0.3 is 34.9 Å². The summed E-state index contributed by atoms with van der Waals surface area (Å²) < 4.78 is 0.997. The Morgan fingerprint density at radius 1 is 0.457 bits per heavy atom. The number of H-pyrrole nitrogens is 7. The molecule has 9 aromatic heterocycles. The molecule has 12 aromatic rings. The Kier molecular flexibility index (Phi) is 15.2. The number of para-hydroxylation sites is 3. The topological polar surface area (TPSA) is 216 Å². The molecule has 0 aliphatic rings. The van der Waals surface area contributed by atoms with Crippen molar-refractivity contribution in [3.8, 4) is 33.8 Å². The second-order valence-corrected chi connectivity index (χ2v) is 15.4. The van der Waals surface area contributed by atoms with E-state index < -0.39 is 0 Å². The van der Waals surface area contributed by atoms with Crippen LogP contribution in [0.1, 0.15) is 52.7 Å². The number of rotatable bonds is 3. The highest BCUT2D eigenvalue weighted by Crippen LogP contribution is 2.29. The van der Waals surface area contributed by atoms with Crippen LogP contribution < -0.4 is 27.0 Å². The summed E-state index contributed by atoms with van der Waals surface area (Å²) in [5.74, 6) is 0. The first-order valence-electron chi connectivity index (χ1n) is 23.3. The zero-order valence-electron chi connectivity index (χ0n) is 40.3. The molecule has 0 aliphatic heterocycles. The van der Waals surface area contributed by atoms with E-state index in [0.29, 0.717) is 33.3 Å². The SMILES string of the molecule is CC.CC.CC.Cc1c(-c2cc3c[n+](O)ccc3[nH]2)c(=O)[nH]c2ccccc12.Cc1c(-c2cc3cnccc3[nH]2)c(=O)[nH]c2ccccc12.O=c1[nH]c2ccccc2cc1-c1cc2c(=O)[nH]ccc2[nH]1. The molecule has 14 nitrogen and oxygen atoms in total. The van der Waals surface area contributed by atoms with Crippen molar-refractivity contribution in [2.45, 2.75) is 55.4 Å². The van der Waals surface area contributed by atoms with E-state index in [9.17, 15) is 24.4 Å². The lowest BCUT2D eigenvalue weighted by molar-refractivity contribution is -0.903. The van der Waals surface area contributed by atoms with Gasteiger partial charge in [0.1, 0.15) is 0 Å². The van der Waals surface area contributed by atoms with Crippen LogP contribution in [0.3, 0.4) is 0 Å². The average molecular weight is 935 g/mol. The van der Waals surface area contributed by atoms with Gasteiger partial charge in [0.15, 0.2) is 0 Å². The number of fused-ring (bicyclic) bond motifs is 6. The molecule has 0 aliphatic carbocycles. The number of hydrogen-bond donors (Lipinski definition) is 8. The smallest absolute Gasteiger partial charge is 0.258 e. The predicted molar refractivity (Wildman–Crippen MR) is 285 cm³/mol. The average Bonchev–Trinajstić information content (AvgIpc) is 4.14. The second kappa shape index (κ2) is 21.7. The van der Waals surface area contributed by atoms with Gasteiger partial charge in [-0.05, 0) is 85.0 Å². The van der Waals surface area contributed by atoms with E-state index in [4.69, 9.17) is 0 Å². The molecule has 8 N–H and O–H groups in total. The largest absolute Gasteiger partial charge is 0.354 e. The van der Waals surface area contributed by atoms with Gasteiger partial charge in [-0.2, -0.15) is 0 Å². The Morgan fingerprint density at radius 2 is 0.957 bits per heavy atom. The van der Waals surface area contributed by atoms with Crippen LogP contribution in [0.5, 0.6) is 0 Å². The van der Waals surface area contributed by atoms with Gasteiger partial charge in [0.2, 0.25) is 12.4 Å². The second-order valence-electron chi connectivity index (χ2n) is 15.4. The quantitative estimate of drug-likeness (QED) is 0.0636. The van der Waals surface area contributed by atoms with E-state index in [-0.39, 0.29) is 22.2 Å². The zero-order valence-corrected chi connectivity index (χ0v) is 40.3. The van der Waals surface area contributed by atoms with Gasteiger partial charge in [0.05, 0.1) is 55.6 Å². The minimum atomic E-state index is -0.184. The fourth-order valence-corrected chi connectivity index (χ4v) is 8.34. The lowest BCUT2D eigenvalue weighted by atomic mass is 10.0. The minimum Gasteiger partial charge on any atom is -0.354 e. The van der Waals surface area contributed by atoms with Gasteiger partial charge in [-0.3, -0.25) is 29.4 Å². The summed E-state index contributed by atoms with van der Waals surface area (Å²) in [6, 6.07) is 36.0. The molecule has 9 heterocycles. The molecule has 0 atom stereocenters. The summed E-state index contributed by atoms with van der Waals surface area (Å²) in [5, 5.41) is 14.9. The van der Waals surface area contributed by atoms with Gasteiger partial charge in [0.25, 0.3) is 22.2 Å². The van der Waals surface area contributed by atoms with Gasteiger partial charge in [-0.15, -0.1) is 0 Å². The van der Waals surface area contributed by atoms with Gasteiger partial charge in [0, 0.05) is 67.6 Å². The molecule has 0 radical (unpaired) electrons. The molecule has 0 bridgehead atoms. The van der Waals surface area contributed by atoms with Crippen LogP contribution in [0.2, 0.25) is 0 Å². The van der Waals surface area contributed by atoms with Gasteiger partial charge >= 0.3 is 0 Å². The maximum Gasteiger partial charge on any atom is 0.258 e. The highest BCUT2D eigenvalue weighted by Gasteiger charge is 2.16. The van der Waals surface area contributed by atoms with Crippen LogP contribution >= 0.6 is 0 Å². The Morgan fingerprint density at radius 3 is 1.56 bits per heavy atom. The van der Waals surface area contributed by atoms with E-state index in [2.05, 4.69) is 39.9 Å². The summed E-state index contributed by atoms with van der Waals surface area (Å²) in [6.45, 7) is 15.9. The first-order chi connectivity index (χ1) is 34.1. The van der Waals surface area contributed by atoms with E-state index in [0.717, 1.165) is 81.8 Å². The van der Waals surface area contributed by atoms with Crippen molar-refractivity contribution in [1.82, 2.24) is 39.9 Å². The molecule has 0 saturated carbocycles. The number of pyridine rings is 6. The Bertz CT molecular complexity index is 3990. The van der Waals surface area contributed by atoms with Crippen LogP contribution in [0.4, 0.5) is 0 Å². The number of aromatic amines is 7. The maximum atomic E-state index is 12.5. The molecule has 12 rings (SSSR count). The van der Waals surface area contributed by atoms with E-state index in [1.165, 1.54) is 0 Å². The Balaban J connectivity index is 0.000000147. The zero-order chi connectivity index (χ0) is 50.1. The Hall–Kier alpha value is -9.04. The van der Waals surface area contributed by atoms with Crippen molar-refractivity contribution < 1.29 is 9.94 Å². The van der Waals surface area contributed by atoms with Crippen molar-refractivity contribution in [2.75, 3.05) is 0 Å². The molecule has 0 unspecified atom stereocenters. The molecule has 354 valence electrons. The first kappa shape index (κ1) is 48.9. The van der Waals surface area contributed by atoms with Crippen molar-refractivity contribution in [1.29, 1.82) is 0 Å². The molecular formula is C56H56N9O5+. The number of nitrogens with one attached hydrogen (secondary N) is 7. The van der Waals surface area contributed by atoms with Crippen LogP contribution in [0, 0.1) is 13.8 Å².